The van der Waals surface area contributed by atoms with Crippen molar-refractivity contribution in [3.8, 4) is 0 Å². The molecule has 1 unspecified atom stereocenters. The van der Waals surface area contributed by atoms with Gasteiger partial charge in [-0.3, -0.25) is 0 Å². The SMILES string of the molecule is C=CCCC(C)Nc1cccc(CCCO)c1. The van der Waals surface area contributed by atoms with Crippen LogP contribution in [0.15, 0.2) is 36.9 Å². The fourth-order valence-corrected chi connectivity index (χ4v) is 1.82. The molecule has 0 bridgehead atoms. The molecule has 2 heteroatoms. The quantitative estimate of drug-likeness (QED) is 0.675. The molecule has 1 rings (SSSR count). The second-order valence-corrected chi connectivity index (χ2v) is 4.44. The summed E-state index contributed by atoms with van der Waals surface area (Å²) in [5.74, 6) is 0. The van der Waals surface area contributed by atoms with Gasteiger partial charge in [0.15, 0.2) is 0 Å². The third-order valence-electron chi connectivity index (χ3n) is 2.77. The van der Waals surface area contributed by atoms with Gasteiger partial charge in [0.2, 0.25) is 0 Å². The van der Waals surface area contributed by atoms with Crippen LogP contribution in [0.4, 0.5) is 5.69 Å². The van der Waals surface area contributed by atoms with Crippen LogP contribution < -0.4 is 5.32 Å². The van der Waals surface area contributed by atoms with Gasteiger partial charge in [0.05, 0.1) is 0 Å². The van der Waals surface area contributed by atoms with Gasteiger partial charge < -0.3 is 10.4 Å². The summed E-state index contributed by atoms with van der Waals surface area (Å²) in [6.07, 6.45) is 5.86. The Bertz CT molecular complexity index is 335. The summed E-state index contributed by atoms with van der Waals surface area (Å²) in [6.45, 7) is 6.18. The monoisotopic (exact) mass is 233 g/mol. The van der Waals surface area contributed by atoms with Crippen LogP contribution in [0.1, 0.15) is 31.7 Å². The summed E-state index contributed by atoms with van der Waals surface area (Å²) in [7, 11) is 0. The second-order valence-electron chi connectivity index (χ2n) is 4.44. The first-order chi connectivity index (χ1) is 8.26. The minimum atomic E-state index is 0.257. The molecule has 17 heavy (non-hydrogen) atoms. The van der Waals surface area contributed by atoms with Crippen LogP contribution in [0, 0.1) is 0 Å². The van der Waals surface area contributed by atoms with Crippen molar-refractivity contribution >= 4 is 5.69 Å². The molecule has 94 valence electrons. The molecule has 2 nitrogen and oxygen atoms in total. The average molecular weight is 233 g/mol. The second kappa shape index (κ2) is 7.91. The predicted octanol–water partition coefficient (Wildman–Crippen LogP) is 3.38. The Morgan fingerprint density at radius 2 is 2.29 bits per heavy atom. The van der Waals surface area contributed by atoms with E-state index < -0.39 is 0 Å². The number of anilines is 1. The first kappa shape index (κ1) is 13.8. The molecule has 0 heterocycles. The van der Waals surface area contributed by atoms with E-state index in [9.17, 15) is 0 Å². The fourth-order valence-electron chi connectivity index (χ4n) is 1.82. The van der Waals surface area contributed by atoms with Gasteiger partial charge in [-0.1, -0.05) is 18.2 Å². The maximum absolute atomic E-state index is 8.81. The summed E-state index contributed by atoms with van der Waals surface area (Å²) in [4.78, 5) is 0. The Balaban J connectivity index is 2.49. The molecule has 0 aliphatic heterocycles. The lowest BCUT2D eigenvalue weighted by Crippen LogP contribution is -2.14. The van der Waals surface area contributed by atoms with Crippen molar-refractivity contribution in [2.24, 2.45) is 0 Å². The predicted molar refractivity (Wildman–Crippen MR) is 74.4 cm³/mol. The summed E-state index contributed by atoms with van der Waals surface area (Å²) in [5.41, 5.74) is 2.44. The zero-order valence-electron chi connectivity index (χ0n) is 10.7. The van der Waals surface area contributed by atoms with E-state index in [1.807, 2.05) is 6.08 Å². The highest BCUT2D eigenvalue weighted by Crippen LogP contribution is 2.14. The van der Waals surface area contributed by atoms with Gasteiger partial charge in [-0.25, -0.2) is 0 Å². The average Bonchev–Trinajstić information content (AvgIpc) is 2.34. The maximum atomic E-state index is 8.81. The Hall–Kier alpha value is -1.28. The third kappa shape index (κ3) is 5.55. The van der Waals surface area contributed by atoms with Crippen molar-refractivity contribution in [1.82, 2.24) is 0 Å². The summed E-state index contributed by atoms with van der Waals surface area (Å²) >= 11 is 0. The molecule has 1 aromatic carbocycles. The normalized spacial score (nSPS) is 12.1. The number of hydrogen-bond donors (Lipinski definition) is 2. The molecule has 0 aliphatic rings. The number of hydrogen-bond acceptors (Lipinski definition) is 2. The number of aliphatic hydroxyl groups is 1. The molecule has 0 saturated heterocycles. The molecule has 0 amide bonds. The largest absolute Gasteiger partial charge is 0.396 e. The van der Waals surface area contributed by atoms with Crippen LogP contribution in [-0.2, 0) is 6.42 Å². The number of allylic oxidation sites excluding steroid dienone is 1. The molecular weight excluding hydrogens is 210 g/mol. The molecule has 0 fully saturated rings. The van der Waals surface area contributed by atoms with Crippen LogP contribution in [0.25, 0.3) is 0 Å². The first-order valence-corrected chi connectivity index (χ1v) is 6.33. The number of nitrogens with one attached hydrogen (secondary N) is 1. The van der Waals surface area contributed by atoms with E-state index >= 15 is 0 Å². The molecule has 1 aromatic rings. The van der Waals surface area contributed by atoms with Gasteiger partial charge in [-0.2, -0.15) is 0 Å². The van der Waals surface area contributed by atoms with Gasteiger partial charge in [0.1, 0.15) is 0 Å². The summed E-state index contributed by atoms with van der Waals surface area (Å²) in [6, 6.07) is 8.89. The van der Waals surface area contributed by atoms with Crippen LogP contribution in [0.5, 0.6) is 0 Å². The topological polar surface area (TPSA) is 32.3 Å². The van der Waals surface area contributed by atoms with Gasteiger partial charge >= 0.3 is 0 Å². The van der Waals surface area contributed by atoms with E-state index in [0.717, 1.165) is 31.4 Å². The first-order valence-electron chi connectivity index (χ1n) is 6.33. The lowest BCUT2D eigenvalue weighted by molar-refractivity contribution is 0.288. The van der Waals surface area contributed by atoms with Gasteiger partial charge in [-0.05, 0) is 50.3 Å². The van der Waals surface area contributed by atoms with Crippen LogP contribution >= 0.6 is 0 Å². The van der Waals surface area contributed by atoms with Crippen molar-refractivity contribution < 1.29 is 5.11 Å². The molecule has 0 radical (unpaired) electrons. The number of benzene rings is 1. The Kier molecular flexibility index (Phi) is 6.41. The van der Waals surface area contributed by atoms with Crippen molar-refractivity contribution in [3.63, 3.8) is 0 Å². The molecular formula is C15H23NO. The zero-order chi connectivity index (χ0) is 12.5. The summed E-state index contributed by atoms with van der Waals surface area (Å²) in [5, 5.41) is 12.3. The van der Waals surface area contributed by atoms with Gasteiger partial charge in [-0.15, -0.1) is 6.58 Å². The third-order valence-corrected chi connectivity index (χ3v) is 2.77. The van der Waals surface area contributed by atoms with Gasteiger partial charge in [0.25, 0.3) is 0 Å². The number of aliphatic hydroxyl groups excluding tert-OH is 1. The van der Waals surface area contributed by atoms with E-state index in [0.29, 0.717) is 6.04 Å². The minimum absolute atomic E-state index is 0.257. The van der Waals surface area contributed by atoms with E-state index in [4.69, 9.17) is 5.11 Å². The van der Waals surface area contributed by atoms with Gasteiger partial charge in [0, 0.05) is 18.3 Å². The lowest BCUT2D eigenvalue weighted by Gasteiger charge is -2.15. The minimum Gasteiger partial charge on any atom is -0.396 e. The summed E-state index contributed by atoms with van der Waals surface area (Å²) < 4.78 is 0. The maximum Gasteiger partial charge on any atom is 0.0434 e. The Labute approximate surface area is 104 Å². The highest BCUT2D eigenvalue weighted by atomic mass is 16.2. The molecule has 0 aromatic heterocycles. The van der Waals surface area contributed by atoms with Crippen LogP contribution in [0.2, 0.25) is 0 Å². The molecule has 2 N–H and O–H groups in total. The van der Waals surface area contributed by atoms with Crippen molar-refractivity contribution in [3.05, 3.63) is 42.5 Å². The van der Waals surface area contributed by atoms with Crippen molar-refractivity contribution in [1.29, 1.82) is 0 Å². The highest BCUT2D eigenvalue weighted by molar-refractivity contribution is 5.46. The fraction of sp³-hybridized carbons (Fsp3) is 0.467. The number of aryl methyl sites for hydroxylation is 1. The molecule has 0 saturated carbocycles. The van der Waals surface area contributed by atoms with E-state index in [2.05, 4.69) is 43.1 Å². The molecule has 1 atom stereocenters. The smallest absolute Gasteiger partial charge is 0.0434 e. The van der Waals surface area contributed by atoms with E-state index in [-0.39, 0.29) is 6.61 Å². The standard InChI is InChI=1S/C15H23NO/c1-3-4-7-13(2)16-15-10-5-8-14(12-15)9-6-11-17/h3,5,8,10,12-13,16-17H,1,4,6-7,9,11H2,2H3. The van der Waals surface area contributed by atoms with E-state index in [1.165, 1.54) is 5.56 Å². The van der Waals surface area contributed by atoms with E-state index in [1.54, 1.807) is 0 Å². The molecule has 0 spiro atoms. The Morgan fingerprint density at radius 1 is 1.47 bits per heavy atom. The van der Waals surface area contributed by atoms with Crippen LogP contribution in [0.3, 0.4) is 0 Å². The van der Waals surface area contributed by atoms with Crippen molar-refractivity contribution in [2.45, 2.75) is 38.6 Å². The zero-order valence-corrected chi connectivity index (χ0v) is 10.7. The number of rotatable bonds is 8. The Morgan fingerprint density at radius 3 is 3.00 bits per heavy atom. The highest BCUT2D eigenvalue weighted by Gasteiger charge is 2.01. The molecule has 0 aliphatic carbocycles. The van der Waals surface area contributed by atoms with Crippen molar-refractivity contribution in [2.75, 3.05) is 11.9 Å². The van der Waals surface area contributed by atoms with Crippen LogP contribution in [-0.4, -0.2) is 17.8 Å². The lowest BCUT2D eigenvalue weighted by atomic mass is 10.1.